The zero-order valence-electron chi connectivity index (χ0n) is 11.8. The molecule has 19 heavy (non-hydrogen) atoms. The van der Waals surface area contributed by atoms with Gasteiger partial charge in [0.15, 0.2) is 0 Å². The maximum Gasteiger partial charge on any atom is 0.328 e. The largest absolute Gasteiger partial charge is 0.480 e. The van der Waals surface area contributed by atoms with E-state index in [0.717, 1.165) is 25.9 Å². The first-order chi connectivity index (χ1) is 8.83. The number of ether oxygens (including phenoxy) is 2. The molecular formula is C13H23NO5. The fraction of sp³-hybridized carbons (Fsp3) is 0.846. The van der Waals surface area contributed by atoms with Crippen LogP contribution in [-0.2, 0) is 19.1 Å². The van der Waals surface area contributed by atoms with Crippen molar-refractivity contribution in [3.8, 4) is 0 Å². The molecule has 0 aliphatic carbocycles. The van der Waals surface area contributed by atoms with Crippen LogP contribution in [0.2, 0.25) is 0 Å². The molecule has 110 valence electrons. The van der Waals surface area contributed by atoms with E-state index in [0.29, 0.717) is 6.61 Å². The molecule has 2 N–H and O–H groups in total. The zero-order chi connectivity index (χ0) is 14.5. The van der Waals surface area contributed by atoms with Crippen molar-refractivity contribution in [1.29, 1.82) is 0 Å². The van der Waals surface area contributed by atoms with Gasteiger partial charge in [-0.1, -0.05) is 0 Å². The molecule has 0 aromatic heterocycles. The molecule has 0 aromatic rings. The number of carboxylic acid groups (broad SMARTS) is 1. The van der Waals surface area contributed by atoms with Crippen LogP contribution in [0, 0.1) is 0 Å². The van der Waals surface area contributed by atoms with Crippen LogP contribution in [-0.4, -0.2) is 47.9 Å². The molecular weight excluding hydrogens is 250 g/mol. The van der Waals surface area contributed by atoms with Gasteiger partial charge in [0, 0.05) is 6.61 Å². The molecule has 2 atom stereocenters. The highest BCUT2D eigenvalue weighted by Gasteiger charge is 2.31. The summed E-state index contributed by atoms with van der Waals surface area (Å²) in [4.78, 5) is 22.7. The topological polar surface area (TPSA) is 84.9 Å². The molecule has 0 radical (unpaired) electrons. The van der Waals surface area contributed by atoms with Crippen molar-refractivity contribution in [2.24, 2.45) is 0 Å². The van der Waals surface area contributed by atoms with Crippen molar-refractivity contribution < 1.29 is 24.2 Å². The molecule has 1 heterocycles. The Morgan fingerprint density at radius 1 is 1.47 bits per heavy atom. The van der Waals surface area contributed by atoms with Gasteiger partial charge in [-0.2, -0.15) is 0 Å². The molecule has 1 aliphatic heterocycles. The standard InChI is InChI=1S/C13H23NO5/c1-9(11(15)14-13(2,3)12(16)17)19-8-10-6-4-5-7-18-10/h9-10H,4-8H2,1-3H3,(H,14,15)(H,16,17). The summed E-state index contributed by atoms with van der Waals surface area (Å²) in [6.45, 7) is 5.58. The quantitative estimate of drug-likeness (QED) is 0.752. The van der Waals surface area contributed by atoms with Gasteiger partial charge in [-0.3, -0.25) is 4.79 Å². The molecule has 6 heteroatoms. The molecule has 1 fully saturated rings. The number of carboxylic acids is 1. The minimum Gasteiger partial charge on any atom is -0.480 e. The van der Waals surface area contributed by atoms with Gasteiger partial charge in [0.05, 0.1) is 12.7 Å². The third kappa shape index (κ3) is 5.16. The lowest BCUT2D eigenvalue weighted by Gasteiger charge is -2.26. The van der Waals surface area contributed by atoms with Crippen molar-refractivity contribution >= 4 is 11.9 Å². The average Bonchev–Trinajstić information content (AvgIpc) is 2.36. The molecule has 0 saturated carbocycles. The van der Waals surface area contributed by atoms with Crippen LogP contribution < -0.4 is 5.32 Å². The first-order valence-corrected chi connectivity index (χ1v) is 6.61. The SMILES string of the molecule is CC(OCC1CCCCO1)C(=O)NC(C)(C)C(=O)O. The van der Waals surface area contributed by atoms with Gasteiger partial charge in [0.25, 0.3) is 0 Å². The zero-order valence-corrected chi connectivity index (χ0v) is 11.8. The third-order valence-corrected chi connectivity index (χ3v) is 3.15. The number of rotatable bonds is 6. The summed E-state index contributed by atoms with van der Waals surface area (Å²) < 4.78 is 10.9. The fourth-order valence-corrected chi connectivity index (χ4v) is 1.73. The van der Waals surface area contributed by atoms with E-state index >= 15 is 0 Å². The number of hydrogen-bond acceptors (Lipinski definition) is 4. The maximum absolute atomic E-state index is 11.8. The van der Waals surface area contributed by atoms with Gasteiger partial charge in [-0.25, -0.2) is 4.79 Å². The van der Waals surface area contributed by atoms with Crippen LogP contribution in [0.4, 0.5) is 0 Å². The van der Waals surface area contributed by atoms with Gasteiger partial charge < -0.3 is 19.9 Å². The maximum atomic E-state index is 11.8. The summed E-state index contributed by atoms with van der Waals surface area (Å²) in [7, 11) is 0. The first-order valence-electron chi connectivity index (χ1n) is 6.61. The fourth-order valence-electron chi connectivity index (χ4n) is 1.73. The lowest BCUT2D eigenvalue weighted by Crippen LogP contribution is -2.53. The molecule has 0 spiro atoms. The van der Waals surface area contributed by atoms with Crippen molar-refractivity contribution in [2.45, 2.75) is 57.8 Å². The summed E-state index contributed by atoms with van der Waals surface area (Å²) in [5.74, 6) is -1.51. The molecule has 0 aromatic carbocycles. The van der Waals surface area contributed by atoms with Crippen LogP contribution in [0.1, 0.15) is 40.0 Å². The predicted octanol–water partition coefficient (Wildman–Crippen LogP) is 0.940. The molecule has 6 nitrogen and oxygen atoms in total. The highest BCUT2D eigenvalue weighted by molar-refractivity contribution is 5.88. The van der Waals surface area contributed by atoms with Crippen molar-refractivity contribution in [3.05, 3.63) is 0 Å². The van der Waals surface area contributed by atoms with Crippen molar-refractivity contribution in [2.75, 3.05) is 13.2 Å². The molecule has 2 unspecified atom stereocenters. The Morgan fingerprint density at radius 3 is 2.68 bits per heavy atom. The van der Waals surface area contributed by atoms with Crippen LogP contribution in [0.5, 0.6) is 0 Å². The number of carbonyl (C=O) groups is 2. The molecule has 1 rings (SSSR count). The molecule has 1 aliphatic rings. The minimum atomic E-state index is -1.30. The lowest BCUT2D eigenvalue weighted by atomic mass is 10.1. The Bertz CT molecular complexity index is 323. The van der Waals surface area contributed by atoms with Crippen molar-refractivity contribution in [3.63, 3.8) is 0 Å². The third-order valence-electron chi connectivity index (χ3n) is 3.15. The van der Waals surface area contributed by atoms with Crippen molar-refractivity contribution in [1.82, 2.24) is 5.32 Å². The number of carbonyl (C=O) groups excluding carboxylic acids is 1. The van der Waals surface area contributed by atoms with Gasteiger partial charge in [-0.15, -0.1) is 0 Å². The second kappa shape index (κ2) is 6.86. The smallest absolute Gasteiger partial charge is 0.328 e. The summed E-state index contributed by atoms with van der Waals surface area (Å²) in [5.41, 5.74) is -1.30. The Labute approximate surface area is 113 Å². The van der Waals surface area contributed by atoms with Crippen LogP contribution in [0.25, 0.3) is 0 Å². The highest BCUT2D eigenvalue weighted by atomic mass is 16.5. The van der Waals surface area contributed by atoms with E-state index in [1.807, 2.05) is 0 Å². The van der Waals surface area contributed by atoms with Gasteiger partial charge in [-0.05, 0) is 40.0 Å². The first kappa shape index (κ1) is 15.9. The van der Waals surface area contributed by atoms with Gasteiger partial charge in [0.1, 0.15) is 11.6 Å². The van der Waals surface area contributed by atoms with Crippen LogP contribution in [0.15, 0.2) is 0 Å². The normalized spacial score (nSPS) is 21.7. The van der Waals surface area contributed by atoms with E-state index in [1.54, 1.807) is 6.92 Å². The minimum absolute atomic E-state index is 0.0384. The van der Waals surface area contributed by atoms with E-state index in [-0.39, 0.29) is 6.10 Å². The van der Waals surface area contributed by atoms with Gasteiger partial charge in [0.2, 0.25) is 5.91 Å². The lowest BCUT2D eigenvalue weighted by molar-refractivity contribution is -0.149. The molecule has 1 amide bonds. The second-order valence-electron chi connectivity index (χ2n) is 5.38. The summed E-state index contributed by atoms with van der Waals surface area (Å²) in [6.07, 6.45) is 2.47. The highest BCUT2D eigenvalue weighted by Crippen LogP contribution is 2.13. The Morgan fingerprint density at radius 2 is 2.16 bits per heavy atom. The molecule has 1 saturated heterocycles. The average molecular weight is 273 g/mol. The van der Waals surface area contributed by atoms with E-state index in [9.17, 15) is 9.59 Å². The van der Waals surface area contributed by atoms with E-state index < -0.39 is 23.5 Å². The van der Waals surface area contributed by atoms with Crippen LogP contribution in [0.3, 0.4) is 0 Å². The Balaban J connectivity index is 2.34. The van der Waals surface area contributed by atoms with Crippen LogP contribution >= 0.6 is 0 Å². The summed E-state index contributed by atoms with van der Waals surface area (Å²) in [5, 5.41) is 11.4. The summed E-state index contributed by atoms with van der Waals surface area (Å²) >= 11 is 0. The van der Waals surface area contributed by atoms with Gasteiger partial charge >= 0.3 is 5.97 Å². The molecule has 0 bridgehead atoms. The number of nitrogens with one attached hydrogen (secondary N) is 1. The second-order valence-corrected chi connectivity index (χ2v) is 5.38. The number of hydrogen-bond donors (Lipinski definition) is 2. The predicted molar refractivity (Wildman–Crippen MR) is 68.9 cm³/mol. The Hall–Kier alpha value is -1.14. The van der Waals surface area contributed by atoms with E-state index in [1.165, 1.54) is 13.8 Å². The number of amides is 1. The summed E-state index contributed by atoms with van der Waals surface area (Å²) in [6, 6.07) is 0. The Kier molecular flexibility index (Phi) is 5.75. The number of aliphatic carboxylic acids is 1. The van der Waals surface area contributed by atoms with E-state index in [2.05, 4.69) is 5.32 Å². The monoisotopic (exact) mass is 273 g/mol. The van der Waals surface area contributed by atoms with E-state index in [4.69, 9.17) is 14.6 Å².